The molecule has 0 N–H and O–H groups in total. The standard InChI is InChI=1S/C11H13ClO4/c1-4-16-10-8(11(13)15-3)5-7(12)6-9(10)14-2/h5-6H,4H2,1-3H3. The van der Waals surface area contributed by atoms with E-state index in [2.05, 4.69) is 4.74 Å². The van der Waals surface area contributed by atoms with Crippen LogP contribution in [-0.4, -0.2) is 26.8 Å². The molecular formula is C11H13ClO4. The molecule has 0 amide bonds. The van der Waals surface area contributed by atoms with Gasteiger partial charge in [-0.2, -0.15) is 0 Å². The van der Waals surface area contributed by atoms with Crippen LogP contribution in [0.15, 0.2) is 12.1 Å². The van der Waals surface area contributed by atoms with Crippen molar-refractivity contribution < 1.29 is 19.0 Å². The Labute approximate surface area is 99.1 Å². The highest BCUT2D eigenvalue weighted by atomic mass is 35.5. The fourth-order valence-electron chi connectivity index (χ4n) is 1.28. The lowest BCUT2D eigenvalue weighted by Gasteiger charge is -2.13. The summed E-state index contributed by atoms with van der Waals surface area (Å²) in [4.78, 5) is 11.5. The van der Waals surface area contributed by atoms with Gasteiger partial charge in [0.05, 0.1) is 20.8 Å². The molecule has 0 atom stereocenters. The van der Waals surface area contributed by atoms with Gasteiger partial charge in [0.25, 0.3) is 0 Å². The molecule has 0 saturated heterocycles. The molecule has 0 radical (unpaired) electrons. The molecule has 5 heteroatoms. The Hall–Kier alpha value is -1.42. The maximum absolute atomic E-state index is 11.5. The van der Waals surface area contributed by atoms with E-state index in [9.17, 15) is 4.79 Å². The lowest BCUT2D eigenvalue weighted by Crippen LogP contribution is -2.07. The number of carbonyl (C=O) groups excluding carboxylic acids is 1. The van der Waals surface area contributed by atoms with Crippen LogP contribution in [0.1, 0.15) is 17.3 Å². The number of hydrogen-bond acceptors (Lipinski definition) is 4. The van der Waals surface area contributed by atoms with Gasteiger partial charge in [0.15, 0.2) is 11.5 Å². The van der Waals surface area contributed by atoms with Crippen molar-refractivity contribution in [1.82, 2.24) is 0 Å². The predicted molar refractivity (Wildman–Crippen MR) is 60.5 cm³/mol. The summed E-state index contributed by atoms with van der Waals surface area (Å²) in [5.74, 6) is 0.250. The Balaban J connectivity index is 3.31. The van der Waals surface area contributed by atoms with Gasteiger partial charge >= 0.3 is 5.97 Å². The lowest BCUT2D eigenvalue weighted by atomic mass is 10.2. The van der Waals surface area contributed by atoms with Gasteiger partial charge < -0.3 is 14.2 Å². The fraction of sp³-hybridized carbons (Fsp3) is 0.364. The van der Waals surface area contributed by atoms with Gasteiger partial charge in [-0.3, -0.25) is 0 Å². The van der Waals surface area contributed by atoms with Crippen molar-refractivity contribution in [2.24, 2.45) is 0 Å². The highest BCUT2D eigenvalue weighted by Crippen LogP contribution is 2.35. The summed E-state index contributed by atoms with van der Waals surface area (Å²) in [6.07, 6.45) is 0. The zero-order valence-corrected chi connectivity index (χ0v) is 10.1. The van der Waals surface area contributed by atoms with Gasteiger partial charge in [-0.1, -0.05) is 11.6 Å². The van der Waals surface area contributed by atoms with E-state index < -0.39 is 5.97 Å². The minimum atomic E-state index is -0.510. The van der Waals surface area contributed by atoms with E-state index in [0.717, 1.165) is 0 Å². The fourth-order valence-corrected chi connectivity index (χ4v) is 1.48. The summed E-state index contributed by atoms with van der Waals surface area (Å²) in [5.41, 5.74) is 0.258. The van der Waals surface area contributed by atoms with Crippen LogP contribution in [0.25, 0.3) is 0 Å². The van der Waals surface area contributed by atoms with Crippen molar-refractivity contribution in [1.29, 1.82) is 0 Å². The molecule has 0 aliphatic rings. The number of ether oxygens (including phenoxy) is 3. The summed E-state index contributed by atoms with van der Waals surface area (Å²) >= 11 is 5.86. The Kier molecular flexibility index (Phi) is 4.43. The smallest absolute Gasteiger partial charge is 0.341 e. The highest BCUT2D eigenvalue weighted by molar-refractivity contribution is 6.31. The summed E-state index contributed by atoms with van der Waals surface area (Å²) in [6.45, 7) is 2.23. The first-order valence-corrected chi connectivity index (χ1v) is 5.10. The largest absolute Gasteiger partial charge is 0.493 e. The zero-order valence-electron chi connectivity index (χ0n) is 9.37. The monoisotopic (exact) mass is 244 g/mol. The van der Waals surface area contributed by atoms with Crippen molar-refractivity contribution in [3.63, 3.8) is 0 Å². The van der Waals surface area contributed by atoms with E-state index in [1.807, 2.05) is 6.92 Å². The van der Waals surface area contributed by atoms with Crippen molar-refractivity contribution in [2.45, 2.75) is 6.92 Å². The number of hydrogen-bond donors (Lipinski definition) is 0. The van der Waals surface area contributed by atoms with E-state index in [1.54, 1.807) is 6.07 Å². The summed E-state index contributed by atoms with van der Waals surface area (Å²) in [7, 11) is 2.78. The molecule has 4 nitrogen and oxygen atoms in total. The molecule has 0 unspecified atom stereocenters. The first kappa shape index (κ1) is 12.6. The van der Waals surface area contributed by atoms with Crippen LogP contribution >= 0.6 is 11.6 Å². The minimum Gasteiger partial charge on any atom is -0.493 e. The Bertz CT molecular complexity index is 390. The van der Waals surface area contributed by atoms with Gasteiger partial charge in [0.1, 0.15) is 5.56 Å². The molecule has 0 bridgehead atoms. The lowest BCUT2D eigenvalue weighted by molar-refractivity contribution is 0.0595. The molecule has 1 rings (SSSR count). The van der Waals surface area contributed by atoms with Crippen LogP contribution in [0.4, 0.5) is 0 Å². The Morgan fingerprint density at radius 2 is 2.06 bits per heavy atom. The quantitative estimate of drug-likeness (QED) is 0.764. The van der Waals surface area contributed by atoms with Gasteiger partial charge in [0.2, 0.25) is 0 Å². The van der Waals surface area contributed by atoms with Crippen molar-refractivity contribution in [2.75, 3.05) is 20.8 Å². The molecule has 16 heavy (non-hydrogen) atoms. The number of esters is 1. The van der Waals surface area contributed by atoms with Crippen molar-refractivity contribution in [3.8, 4) is 11.5 Å². The molecular weight excluding hydrogens is 232 g/mol. The normalized spacial score (nSPS) is 9.75. The number of methoxy groups -OCH3 is 2. The first-order chi connectivity index (χ1) is 7.63. The SMILES string of the molecule is CCOc1c(OC)cc(Cl)cc1C(=O)OC. The molecule has 0 aromatic heterocycles. The van der Waals surface area contributed by atoms with Gasteiger partial charge in [-0.25, -0.2) is 4.79 Å². The topological polar surface area (TPSA) is 44.8 Å². The molecule has 0 heterocycles. The average Bonchev–Trinajstić information content (AvgIpc) is 2.29. The highest BCUT2D eigenvalue weighted by Gasteiger charge is 2.18. The van der Waals surface area contributed by atoms with Crippen molar-refractivity contribution in [3.05, 3.63) is 22.7 Å². The van der Waals surface area contributed by atoms with E-state index >= 15 is 0 Å². The maximum Gasteiger partial charge on any atom is 0.341 e. The van der Waals surface area contributed by atoms with Crippen LogP contribution in [0.2, 0.25) is 5.02 Å². The third-order valence-corrected chi connectivity index (χ3v) is 2.15. The van der Waals surface area contributed by atoms with Crippen LogP contribution in [0.3, 0.4) is 0 Å². The number of benzene rings is 1. The van der Waals surface area contributed by atoms with Crippen LogP contribution in [0.5, 0.6) is 11.5 Å². The average molecular weight is 245 g/mol. The molecule has 0 aliphatic heterocycles. The molecule has 0 saturated carbocycles. The Morgan fingerprint density at radius 1 is 1.38 bits per heavy atom. The van der Waals surface area contributed by atoms with Crippen molar-refractivity contribution >= 4 is 17.6 Å². The molecule has 1 aromatic carbocycles. The third-order valence-electron chi connectivity index (χ3n) is 1.93. The second-order valence-electron chi connectivity index (χ2n) is 2.91. The van der Waals surface area contributed by atoms with Gasteiger partial charge in [0, 0.05) is 11.1 Å². The summed E-state index contributed by atoms with van der Waals surface area (Å²) in [5, 5.41) is 0.390. The molecule has 88 valence electrons. The van der Waals surface area contributed by atoms with E-state index in [-0.39, 0.29) is 5.56 Å². The first-order valence-electron chi connectivity index (χ1n) is 4.72. The Morgan fingerprint density at radius 3 is 2.56 bits per heavy atom. The van der Waals surface area contributed by atoms with E-state index in [0.29, 0.717) is 23.1 Å². The van der Waals surface area contributed by atoms with E-state index in [4.69, 9.17) is 21.1 Å². The molecule has 0 spiro atoms. The van der Waals surface area contributed by atoms with Gasteiger partial charge in [-0.05, 0) is 13.0 Å². The molecule has 0 aliphatic carbocycles. The second kappa shape index (κ2) is 5.61. The zero-order chi connectivity index (χ0) is 12.1. The number of rotatable bonds is 4. The third kappa shape index (κ3) is 2.58. The summed E-state index contributed by atoms with van der Waals surface area (Å²) < 4.78 is 15.1. The summed E-state index contributed by atoms with van der Waals surface area (Å²) in [6, 6.07) is 3.07. The molecule has 1 aromatic rings. The maximum atomic E-state index is 11.5. The van der Waals surface area contributed by atoms with Crippen LogP contribution in [0, 0.1) is 0 Å². The number of carbonyl (C=O) groups is 1. The van der Waals surface area contributed by atoms with Gasteiger partial charge in [-0.15, -0.1) is 0 Å². The van der Waals surface area contributed by atoms with Crippen LogP contribution in [-0.2, 0) is 4.74 Å². The van der Waals surface area contributed by atoms with E-state index in [1.165, 1.54) is 20.3 Å². The minimum absolute atomic E-state index is 0.258. The predicted octanol–water partition coefficient (Wildman–Crippen LogP) is 2.53. The second-order valence-corrected chi connectivity index (χ2v) is 3.35. The molecule has 0 fully saturated rings. The number of halogens is 1. The van der Waals surface area contributed by atoms with Crippen LogP contribution < -0.4 is 9.47 Å².